The summed E-state index contributed by atoms with van der Waals surface area (Å²) in [6.45, 7) is 6.06. The maximum atomic E-state index is 14.1. The average molecular weight is 412 g/mol. The largest absolute Gasteiger partial charge is 0.396 e. The molecule has 0 amide bonds. The molecule has 152 valence electrons. The summed E-state index contributed by atoms with van der Waals surface area (Å²) in [5.41, 5.74) is 14.6. The van der Waals surface area contributed by atoms with E-state index in [0.29, 0.717) is 28.0 Å². The predicted octanol–water partition coefficient (Wildman–Crippen LogP) is 5.25. The minimum absolute atomic E-state index is 0.102. The van der Waals surface area contributed by atoms with Crippen molar-refractivity contribution < 1.29 is 4.39 Å². The number of nitrogen functional groups attached to an aromatic ring is 2. The highest BCUT2D eigenvalue weighted by molar-refractivity contribution is 7.80. The zero-order valence-electron chi connectivity index (χ0n) is 17.0. The highest BCUT2D eigenvalue weighted by atomic mass is 32.1. The van der Waals surface area contributed by atoms with Crippen molar-refractivity contribution in [2.45, 2.75) is 25.7 Å². The summed E-state index contributed by atoms with van der Waals surface area (Å²) in [6, 6.07) is 12.9. The van der Waals surface area contributed by atoms with Gasteiger partial charge in [0.05, 0.1) is 11.1 Å². The number of aryl methyl sites for hydroxylation is 2. The molecule has 0 saturated heterocycles. The monoisotopic (exact) mass is 411 g/mol. The van der Waals surface area contributed by atoms with Gasteiger partial charge in [0.2, 0.25) is 0 Å². The smallest absolute Gasteiger partial charge is 0.153 e. The Bertz CT molecular complexity index is 1070. The molecule has 0 saturated carbocycles. The first-order chi connectivity index (χ1) is 13.9. The molecule has 2 aromatic carbocycles. The van der Waals surface area contributed by atoms with Crippen LogP contribution >= 0.6 is 12.6 Å². The van der Waals surface area contributed by atoms with Crippen molar-refractivity contribution in [3.63, 3.8) is 0 Å². The molecule has 29 heavy (non-hydrogen) atoms. The van der Waals surface area contributed by atoms with E-state index >= 15 is 0 Å². The van der Waals surface area contributed by atoms with Gasteiger partial charge in [0.15, 0.2) is 5.82 Å². The molecular formula is C22H26FN5S. The molecule has 0 fully saturated rings. The van der Waals surface area contributed by atoms with Crippen LogP contribution in [0.4, 0.5) is 15.9 Å². The van der Waals surface area contributed by atoms with E-state index in [0.717, 1.165) is 4.90 Å². The lowest BCUT2D eigenvalue weighted by atomic mass is 10.0. The molecule has 7 heteroatoms. The Hall–Kier alpha value is -3.06. The molecule has 0 aliphatic carbocycles. The molecule has 0 aliphatic rings. The molecule has 0 unspecified atom stereocenters. The van der Waals surface area contributed by atoms with E-state index < -0.39 is 5.82 Å². The van der Waals surface area contributed by atoms with Gasteiger partial charge in [-0.3, -0.25) is 0 Å². The van der Waals surface area contributed by atoms with Gasteiger partial charge in [-0.05, 0) is 25.1 Å². The van der Waals surface area contributed by atoms with Crippen LogP contribution < -0.4 is 11.5 Å². The second kappa shape index (κ2) is 9.93. The van der Waals surface area contributed by atoms with Crippen molar-refractivity contribution in [1.82, 2.24) is 14.5 Å². The van der Waals surface area contributed by atoms with E-state index in [4.69, 9.17) is 11.5 Å². The first-order valence-corrected chi connectivity index (χ1v) is 9.68. The molecule has 0 aliphatic heterocycles. The van der Waals surface area contributed by atoms with Crippen LogP contribution in [0.15, 0.2) is 59.9 Å². The molecule has 2 aromatic heterocycles. The third-order valence-electron chi connectivity index (χ3n) is 4.14. The number of anilines is 2. The van der Waals surface area contributed by atoms with Gasteiger partial charge >= 0.3 is 0 Å². The number of nitrogens with two attached hydrogens (primary N) is 2. The van der Waals surface area contributed by atoms with Crippen molar-refractivity contribution in [3.8, 4) is 11.1 Å². The van der Waals surface area contributed by atoms with E-state index in [2.05, 4.69) is 29.5 Å². The van der Waals surface area contributed by atoms with Crippen LogP contribution in [-0.2, 0) is 7.05 Å². The van der Waals surface area contributed by atoms with Crippen LogP contribution in [0.3, 0.4) is 0 Å². The summed E-state index contributed by atoms with van der Waals surface area (Å²) in [7, 11) is 1.82. The topological polar surface area (TPSA) is 82.8 Å². The van der Waals surface area contributed by atoms with Gasteiger partial charge in [0.1, 0.15) is 17.8 Å². The normalized spacial score (nSPS) is 10.0. The van der Waals surface area contributed by atoms with Gasteiger partial charge < -0.3 is 16.0 Å². The number of aromatic nitrogens is 3. The third kappa shape index (κ3) is 5.06. The second-order valence-corrected chi connectivity index (χ2v) is 6.67. The Balaban J connectivity index is 0.000000252. The van der Waals surface area contributed by atoms with E-state index in [1.807, 2.05) is 45.2 Å². The lowest BCUT2D eigenvalue weighted by molar-refractivity contribution is 0.636. The summed E-state index contributed by atoms with van der Waals surface area (Å²) in [6.07, 6.45) is 3.16. The summed E-state index contributed by atoms with van der Waals surface area (Å²) in [5, 5.41) is 0.634. The number of hydrogen-bond donors (Lipinski definition) is 3. The van der Waals surface area contributed by atoms with E-state index in [-0.39, 0.29) is 5.69 Å². The maximum Gasteiger partial charge on any atom is 0.153 e. The maximum absolute atomic E-state index is 14.1. The average Bonchev–Trinajstić information content (AvgIpc) is 3.06. The molecule has 2 heterocycles. The minimum atomic E-state index is -0.460. The van der Waals surface area contributed by atoms with Crippen molar-refractivity contribution in [3.05, 3.63) is 66.4 Å². The van der Waals surface area contributed by atoms with E-state index in [9.17, 15) is 4.39 Å². The molecular weight excluding hydrogens is 385 g/mol. The quantitative estimate of drug-likeness (QED) is 0.295. The Labute approximate surface area is 176 Å². The van der Waals surface area contributed by atoms with Gasteiger partial charge in [0, 0.05) is 29.3 Å². The molecule has 4 N–H and O–H groups in total. The van der Waals surface area contributed by atoms with E-state index in [1.54, 1.807) is 22.9 Å². The summed E-state index contributed by atoms with van der Waals surface area (Å²) in [5.74, 6) is -0.138. The first kappa shape index (κ1) is 22.2. The van der Waals surface area contributed by atoms with Gasteiger partial charge in [-0.25, -0.2) is 14.4 Å². The van der Waals surface area contributed by atoms with Gasteiger partial charge in [-0.15, -0.1) is 12.6 Å². The Morgan fingerprint density at radius 2 is 1.62 bits per heavy atom. The van der Waals surface area contributed by atoms with Crippen molar-refractivity contribution >= 4 is 35.2 Å². The van der Waals surface area contributed by atoms with Crippen molar-refractivity contribution in [2.75, 3.05) is 11.5 Å². The summed E-state index contributed by atoms with van der Waals surface area (Å²) < 4.78 is 15.9. The van der Waals surface area contributed by atoms with Crippen LogP contribution in [0, 0.1) is 12.7 Å². The van der Waals surface area contributed by atoms with Crippen molar-refractivity contribution in [1.29, 1.82) is 0 Å². The molecule has 0 radical (unpaired) electrons. The standard InChI is InChI=1S/C13H12FN5.C7H8S.C2H6/c1-19-5-8(7-3-2-4-9(15)11(7)14)10-12(16)17-6-18-13(10)19;1-6-2-4-7(8)5-3-6;1-2/h2-6H,15H2,1H3,(H2,16,17,18);2-5,8H,1H3;1-2H3. The molecule has 5 nitrogen and oxygen atoms in total. The van der Waals surface area contributed by atoms with Gasteiger partial charge in [-0.1, -0.05) is 43.7 Å². The minimum Gasteiger partial charge on any atom is -0.396 e. The van der Waals surface area contributed by atoms with Crippen LogP contribution in [0.2, 0.25) is 0 Å². The number of benzene rings is 2. The zero-order chi connectivity index (χ0) is 21.6. The zero-order valence-corrected chi connectivity index (χ0v) is 17.9. The van der Waals surface area contributed by atoms with Crippen LogP contribution in [0.25, 0.3) is 22.2 Å². The second-order valence-electron chi connectivity index (χ2n) is 6.16. The highest BCUT2D eigenvalue weighted by Gasteiger charge is 2.16. The molecule has 4 aromatic rings. The fraction of sp³-hybridized carbons (Fsp3) is 0.182. The number of rotatable bonds is 1. The van der Waals surface area contributed by atoms with Crippen molar-refractivity contribution in [2.24, 2.45) is 7.05 Å². The third-order valence-corrected chi connectivity index (χ3v) is 4.43. The molecule has 0 bridgehead atoms. The van der Waals surface area contributed by atoms with Crippen LogP contribution in [0.1, 0.15) is 19.4 Å². The SMILES string of the molecule is CC.Cc1ccc(S)cc1.Cn1cc(-c2cccc(N)c2F)c2c(N)ncnc21. The predicted molar refractivity (Wildman–Crippen MR) is 123 cm³/mol. The van der Waals surface area contributed by atoms with Gasteiger partial charge in [-0.2, -0.15) is 0 Å². The number of fused-ring (bicyclic) bond motifs is 1. The number of nitrogens with zero attached hydrogens (tertiary/aromatic N) is 3. The van der Waals surface area contributed by atoms with Crippen LogP contribution in [-0.4, -0.2) is 14.5 Å². The Kier molecular flexibility index (Phi) is 7.61. The summed E-state index contributed by atoms with van der Waals surface area (Å²) >= 11 is 4.13. The Morgan fingerprint density at radius 1 is 0.966 bits per heavy atom. The lowest BCUT2D eigenvalue weighted by Crippen LogP contribution is -1.95. The van der Waals surface area contributed by atoms with Gasteiger partial charge in [0.25, 0.3) is 0 Å². The number of hydrogen-bond acceptors (Lipinski definition) is 5. The fourth-order valence-corrected chi connectivity index (χ4v) is 2.89. The Morgan fingerprint density at radius 3 is 2.24 bits per heavy atom. The highest BCUT2D eigenvalue weighted by Crippen LogP contribution is 2.34. The molecule has 0 atom stereocenters. The first-order valence-electron chi connectivity index (χ1n) is 9.24. The molecule has 0 spiro atoms. The molecule has 4 rings (SSSR count). The van der Waals surface area contributed by atoms with Crippen LogP contribution in [0.5, 0.6) is 0 Å². The summed E-state index contributed by atoms with van der Waals surface area (Å²) in [4.78, 5) is 9.14. The number of thiol groups is 1. The fourth-order valence-electron chi connectivity index (χ4n) is 2.74. The lowest BCUT2D eigenvalue weighted by Gasteiger charge is -2.04. The number of halogens is 1. The van der Waals surface area contributed by atoms with E-state index in [1.165, 1.54) is 18.0 Å².